The predicted molar refractivity (Wildman–Crippen MR) is 53.0 cm³/mol. The third kappa shape index (κ3) is 3.42. The van der Waals surface area contributed by atoms with E-state index in [0.717, 1.165) is 18.0 Å². The topological polar surface area (TPSA) is 25.4 Å². The van der Waals surface area contributed by atoms with Gasteiger partial charge < -0.3 is 9.64 Å². The summed E-state index contributed by atoms with van der Waals surface area (Å²) >= 11 is 0. The van der Waals surface area contributed by atoms with Crippen molar-refractivity contribution in [2.24, 2.45) is 0 Å². The van der Waals surface area contributed by atoms with Gasteiger partial charge in [0.15, 0.2) is 0 Å². The summed E-state index contributed by atoms with van der Waals surface area (Å²) < 4.78 is 5.54. The van der Waals surface area contributed by atoms with E-state index in [1.165, 1.54) is 0 Å². The van der Waals surface area contributed by atoms with Crippen molar-refractivity contribution in [2.45, 2.75) is 6.92 Å². The first-order valence-electron chi connectivity index (χ1n) is 4.39. The number of ether oxygens (including phenoxy) is 1. The van der Waals surface area contributed by atoms with Gasteiger partial charge in [-0.25, -0.2) is 0 Å². The summed E-state index contributed by atoms with van der Waals surface area (Å²) in [4.78, 5) is 6.23. The van der Waals surface area contributed by atoms with Gasteiger partial charge in [-0.15, -0.1) is 0 Å². The molecule has 72 valence electrons. The van der Waals surface area contributed by atoms with Crippen LogP contribution in [-0.4, -0.2) is 37.1 Å². The molecule has 0 saturated heterocycles. The molecule has 3 heteroatoms. The Balaban J connectivity index is 2.41. The first-order valence-corrected chi connectivity index (χ1v) is 4.39. The van der Waals surface area contributed by atoms with Gasteiger partial charge in [0.25, 0.3) is 0 Å². The second-order valence-electron chi connectivity index (χ2n) is 3.24. The largest absolute Gasteiger partial charge is 0.490 e. The van der Waals surface area contributed by atoms with E-state index in [1.54, 1.807) is 6.20 Å². The van der Waals surface area contributed by atoms with E-state index in [-0.39, 0.29) is 0 Å². The molecule has 0 fully saturated rings. The molecule has 0 aliphatic carbocycles. The quantitative estimate of drug-likeness (QED) is 0.699. The highest BCUT2D eigenvalue weighted by atomic mass is 16.5. The Bertz CT molecular complexity index is 261. The van der Waals surface area contributed by atoms with Gasteiger partial charge in [0.05, 0.1) is 5.69 Å². The van der Waals surface area contributed by atoms with E-state index in [0.29, 0.717) is 6.61 Å². The van der Waals surface area contributed by atoms with Crippen molar-refractivity contribution in [2.75, 3.05) is 27.2 Å². The maximum Gasteiger partial charge on any atom is 0.140 e. The number of nitrogens with zero attached hydrogens (tertiary/aromatic N) is 2. The second-order valence-corrected chi connectivity index (χ2v) is 3.24. The Morgan fingerprint density at radius 2 is 2.23 bits per heavy atom. The van der Waals surface area contributed by atoms with Crippen LogP contribution in [0, 0.1) is 6.92 Å². The van der Waals surface area contributed by atoms with E-state index < -0.39 is 0 Å². The van der Waals surface area contributed by atoms with Gasteiger partial charge in [-0.1, -0.05) is 0 Å². The fourth-order valence-corrected chi connectivity index (χ4v) is 0.960. The summed E-state index contributed by atoms with van der Waals surface area (Å²) in [6, 6.07) is 3.83. The number of hydrogen-bond donors (Lipinski definition) is 0. The molecule has 3 nitrogen and oxygen atoms in total. The van der Waals surface area contributed by atoms with Crippen LogP contribution in [0.15, 0.2) is 18.3 Å². The van der Waals surface area contributed by atoms with Crippen LogP contribution in [0.3, 0.4) is 0 Å². The zero-order valence-electron chi connectivity index (χ0n) is 8.45. The third-order valence-corrected chi connectivity index (χ3v) is 1.75. The number of likely N-dealkylation sites (N-methyl/N-ethyl adjacent to an activating group) is 1. The van der Waals surface area contributed by atoms with Crippen LogP contribution >= 0.6 is 0 Å². The Labute approximate surface area is 79.3 Å². The first kappa shape index (κ1) is 9.99. The molecule has 1 aromatic heterocycles. The highest BCUT2D eigenvalue weighted by molar-refractivity contribution is 5.25. The lowest BCUT2D eigenvalue weighted by Gasteiger charge is -2.11. The smallest absolute Gasteiger partial charge is 0.140 e. The molecule has 0 unspecified atom stereocenters. The Kier molecular flexibility index (Phi) is 3.71. The number of rotatable bonds is 4. The molecule has 0 spiro atoms. The van der Waals surface area contributed by atoms with Crippen molar-refractivity contribution in [1.82, 2.24) is 9.88 Å². The molecule has 0 N–H and O–H groups in total. The summed E-state index contributed by atoms with van der Waals surface area (Å²) in [6.45, 7) is 3.58. The van der Waals surface area contributed by atoms with Crippen molar-refractivity contribution < 1.29 is 4.74 Å². The van der Waals surface area contributed by atoms with Crippen LogP contribution in [0.25, 0.3) is 0 Å². The summed E-state index contributed by atoms with van der Waals surface area (Å²) in [5.74, 6) is 0.879. The van der Waals surface area contributed by atoms with Crippen LogP contribution in [0.2, 0.25) is 0 Å². The van der Waals surface area contributed by atoms with Gasteiger partial charge in [-0.05, 0) is 33.2 Å². The number of pyridine rings is 1. The molecule has 0 aliphatic rings. The maximum absolute atomic E-state index is 5.54. The first-order chi connectivity index (χ1) is 6.20. The fraction of sp³-hybridized carbons (Fsp3) is 0.500. The van der Waals surface area contributed by atoms with Crippen LogP contribution in [0.5, 0.6) is 5.75 Å². The Hall–Kier alpha value is -1.09. The second kappa shape index (κ2) is 4.82. The molecule has 0 aromatic carbocycles. The van der Waals surface area contributed by atoms with Gasteiger partial charge in [0, 0.05) is 12.7 Å². The Morgan fingerprint density at radius 1 is 1.46 bits per heavy atom. The van der Waals surface area contributed by atoms with Gasteiger partial charge in [-0.2, -0.15) is 0 Å². The number of aryl methyl sites for hydroxylation is 1. The zero-order chi connectivity index (χ0) is 9.68. The van der Waals surface area contributed by atoms with Crippen molar-refractivity contribution in [3.05, 3.63) is 24.0 Å². The molecular formula is C10H16N2O. The number of hydrogen-bond acceptors (Lipinski definition) is 3. The summed E-state index contributed by atoms with van der Waals surface area (Å²) in [5, 5.41) is 0. The van der Waals surface area contributed by atoms with Crippen molar-refractivity contribution >= 4 is 0 Å². The molecule has 13 heavy (non-hydrogen) atoms. The van der Waals surface area contributed by atoms with Crippen LogP contribution in [-0.2, 0) is 0 Å². The molecule has 1 aromatic rings. The lowest BCUT2D eigenvalue weighted by molar-refractivity contribution is 0.259. The Morgan fingerprint density at radius 3 is 2.85 bits per heavy atom. The minimum absolute atomic E-state index is 0.708. The minimum atomic E-state index is 0.708. The lowest BCUT2D eigenvalue weighted by Crippen LogP contribution is -2.19. The molecule has 1 heterocycles. The van der Waals surface area contributed by atoms with Crippen molar-refractivity contribution in [3.63, 3.8) is 0 Å². The monoisotopic (exact) mass is 180 g/mol. The van der Waals surface area contributed by atoms with E-state index in [9.17, 15) is 0 Å². The summed E-state index contributed by atoms with van der Waals surface area (Å²) in [5.41, 5.74) is 0.946. The summed E-state index contributed by atoms with van der Waals surface area (Å²) in [6.07, 6.45) is 1.77. The van der Waals surface area contributed by atoms with E-state index in [1.807, 2.05) is 33.2 Å². The molecule has 0 amide bonds. The molecule has 0 atom stereocenters. The van der Waals surface area contributed by atoms with Gasteiger partial charge >= 0.3 is 0 Å². The van der Waals surface area contributed by atoms with Crippen molar-refractivity contribution in [1.29, 1.82) is 0 Å². The van der Waals surface area contributed by atoms with Crippen LogP contribution < -0.4 is 4.74 Å². The van der Waals surface area contributed by atoms with E-state index in [2.05, 4.69) is 9.88 Å². The zero-order valence-corrected chi connectivity index (χ0v) is 8.45. The third-order valence-electron chi connectivity index (χ3n) is 1.75. The van der Waals surface area contributed by atoms with E-state index >= 15 is 0 Å². The van der Waals surface area contributed by atoms with E-state index in [4.69, 9.17) is 4.74 Å². The molecule has 0 aliphatic heterocycles. The molecular weight excluding hydrogens is 164 g/mol. The highest BCUT2D eigenvalue weighted by Gasteiger charge is 1.98. The molecule has 0 saturated carbocycles. The SMILES string of the molecule is Cc1ncccc1OCCN(C)C. The van der Waals surface area contributed by atoms with Gasteiger partial charge in [0.1, 0.15) is 12.4 Å². The minimum Gasteiger partial charge on any atom is -0.490 e. The van der Waals surface area contributed by atoms with Crippen LogP contribution in [0.4, 0.5) is 0 Å². The summed E-state index contributed by atoms with van der Waals surface area (Å²) in [7, 11) is 4.05. The van der Waals surface area contributed by atoms with Gasteiger partial charge in [-0.3, -0.25) is 4.98 Å². The molecule has 0 radical (unpaired) electrons. The van der Waals surface area contributed by atoms with Gasteiger partial charge in [0.2, 0.25) is 0 Å². The standard InChI is InChI=1S/C10H16N2O/c1-9-10(5-4-6-11-9)13-8-7-12(2)3/h4-6H,7-8H2,1-3H3. The fourth-order valence-electron chi connectivity index (χ4n) is 0.960. The normalized spacial score (nSPS) is 10.5. The molecule has 0 bridgehead atoms. The predicted octanol–water partition coefficient (Wildman–Crippen LogP) is 1.33. The molecule has 1 rings (SSSR count). The average molecular weight is 180 g/mol. The van der Waals surface area contributed by atoms with Crippen molar-refractivity contribution in [3.8, 4) is 5.75 Å². The highest BCUT2D eigenvalue weighted by Crippen LogP contribution is 2.12. The average Bonchev–Trinajstić information content (AvgIpc) is 2.08. The van der Waals surface area contributed by atoms with Crippen LogP contribution in [0.1, 0.15) is 5.69 Å². The maximum atomic E-state index is 5.54. The lowest BCUT2D eigenvalue weighted by atomic mass is 10.3. The number of aromatic nitrogens is 1.